The standard InChI is InChI=1S/C15H32N2/c1-5-13(3)10-15(6-2)17(4)12-14-8-7-9-16-11-14/h13-16H,5-12H2,1-4H3. The molecule has 102 valence electrons. The highest BCUT2D eigenvalue weighted by atomic mass is 15.1. The van der Waals surface area contributed by atoms with Gasteiger partial charge in [0.1, 0.15) is 0 Å². The molecule has 0 saturated carbocycles. The lowest BCUT2D eigenvalue weighted by atomic mass is 9.94. The van der Waals surface area contributed by atoms with E-state index in [2.05, 4.69) is 38.0 Å². The van der Waals surface area contributed by atoms with Crippen molar-refractivity contribution in [3.05, 3.63) is 0 Å². The molecule has 1 rings (SSSR count). The molecule has 1 saturated heterocycles. The van der Waals surface area contributed by atoms with Gasteiger partial charge in [0, 0.05) is 12.6 Å². The number of hydrogen-bond donors (Lipinski definition) is 1. The van der Waals surface area contributed by atoms with Gasteiger partial charge in [-0.25, -0.2) is 0 Å². The Morgan fingerprint density at radius 1 is 1.29 bits per heavy atom. The average molecular weight is 240 g/mol. The van der Waals surface area contributed by atoms with Gasteiger partial charge in [-0.05, 0) is 57.7 Å². The highest BCUT2D eigenvalue weighted by Crippen LogP contribution is 2.19. The first-order valence-electron chi connectivity index (χ1n) is 7.58. The van der Waals surface area contributed by atoms with Crippen molar-refractivity contribution in [2.75, 3.05) is 26.7 Å². The molecule has 0 bridgehead atoms. The molecule has 0 aromatic rings. The molecule has 1 aliphatic heterocycles. The maximum absolute atomic E-state index is 3.52. The Morgan fingerprint density at radius 2 is 2.06 bits per heavy atom. The molecule has 0 radical (unpaired) electrons. The number of nitrogens with zero attached hydrogens (tertiary/aromatic N) is 1. The third-order valence-corrected chi connectivity index (χ3v) is 4.41. The zero-order valence-electron chi connectivity index (χ0n) is 12.3. The van der Waals surface area contributed by atoms with Gasteiger partial charge in [-0.15, -0.1) is 0 Å². The summed E-state index contributed by atoms with van der Waals surface area (Å²) in [7, 11) is 2.32. The summed E-state index contributed by atoms with van der Waals surface area (Å²) in [5.41, 5.74) is 0. The maximum atomic E-state index is 3.52. The highest BCUT2D eigenvalue weighted by Gasteiger charge is 2.20. The largest absolute Gasteiger partial charge is 0.316 e. The Bertz CT molecular complexity index is 187. The Kier molecular flexibility index (Phi) is 7.14. The van der Waals surface area contributed by atoms with Crippen molar-refractivity contribution >= 4 is 0 Å². The first-order chi connectivity index (χ1) is 8.17. The quantitative estimate of drug-likeness (QED) is 0.735. The van der Waals surface area contributed by atoms with Crippen LogP contribution >= 0.6 is 0 Å². The van der Waals surface area contributed by atoms with Gasteiger partial charge in [0.25, 0.3) is 0 Å². The summed E-state index contributed by atoms with van der Waals surface area (Å²) in [5.74, 6) is 1.74. The molecular weight excluding hydrogens is 208 g/mol. The fourth-order valence-corrected chi connectivity index (χ4v) is 2.93. The minimum Gasteiger partial charge on any atom is -0.316 e. The van der Waals surface area contributed by atoms with Crippen LogP contribution in [0.4, 0.5) is 0 Å². The van der Waals surface area contributed by atoms with Gasteiger partial charge in [-0.2, -0.15) is 0 Å². The summed E-state index contributed by atoms with van der Waals surface area (Å²) >= 11 is 0. The predicted molar refractivity (Wildman–Crippen MR) is 76.4 cm³/mol. The van der Waals surface area contributed by atoms with E-state index < -0.39 is 0 Å². The van der Waals surface area contributed by atoms with Gasteiger partial charge in [0.05, 0.1) is 0 Å². The number of nitrogens with one attached hydrogen (secondary N) is 1. The van der Waals surface area contributed by atoms with Crippen LogP contribution in [0.3, 0.4) is 0 Å². The van der Waals surface area contributed by atoms with E-state index in [1.165, 1.54) is 51.7 Å². The molecule has 2 heteroatoms. The van der Waals surface area contributed by atoms with Crippen molar-refractivity contribution in [3.8, 4) is 0 Å². The van der Waals surface area contributed by atoms with Crippen LogP contribution < -0.4 is 5.32 Å². The van der Waals surface area contributed by atoms with Gasteiger partial charge >= 0.3 is 0 Å². The molecule has 2 nitrogen and oxygen atoms in total. The molecule has 1 fully saturated rings. The summed E-state index contributed by atoms with van der Waals surface area (Å²) in [5, 5.41) is 3.52. The fourth-order valence-electron chi connectivity index (χ4n) is 2.93. The Balaban J connectivity index is 2.33. The molecular formula is C15H32N2. The van der Waals surface area contributed by atoms with Gasteiger partial charge in [0.15, 0.2) is 0 Å². The molecule has 0 aromatic heterocycles. The SMILES string of the molecule is CCC(C)CC(CC)N(C)CC1CCCNC1. The van der Waals surface area contributed by atoms with Crippen molar-refractivity contribution in [2.45, 2.75) is 58.9 Å². The summed E-state index contributed by atoms with van der Waals surface area (Å²) in [6.45, 7) is 10.8. The zero-order valence-corrected chi connectivity index (χ0v) is 12.3. The Morgan fingerprint density at radius 3 is 2.59 bits per heavy atom. The van der Waals surface area contributed by atoms with Crippen LogP contribution in [0.25, 0.3) is 0 Å². The van der Waals surface area contributed by atoms with Crippen LogP contribution in [-0.4, -0.2) is 37.6 Å². The molecule has 0 aromatic carbocycles. The molecule has 0 amide bonds. The van der Waals surface area contributed by atoms with Crippen LogP contribution in [0.1, 0.15) is 52.9 Å². The molecule has 1 N–H and O–H groups in total. The zero-order chi connectivity index (χ0) is 12.7. The van der Waals surface area contributed by atoms with Crippen molar-refractivity contribution < 1.29 is 0 Å². The van der Waals surface area contributed by atoms with Gasteiger partial charge in [-0.1, -0.05) is 27.2 Å². The average Bonchev–Trinajstić information content (AvgIpc) is 2.36. The molecule has 17 heavy (non-hydrogen) atoms. The second-order valence-corrected chi connectivity index (χ2v) is 5.96. The number of hydrogen-bond acceptors (Lipinski definition) is 2. The lowest BCUT2D eigenvalue weighted by Gasteiger charge is -2.33. The Hall–Kier alpha value is -0.0800. The normalized spacial score (nSPS) is 24.9. The van der Waals surface area contributed by atoms with E-state index in [0.717, 1.165) is 17.9 Å². The molecule has 0 aliphatic carbocycles. The van der Waals surface area contributed by atoms with E-state index >= 15 is 0 Å². The van der Waals surface area contributed by atoms with E-state index in [0.29, 0.717) is 0 Å². The summed E-state index contributed by atoms with van der Waals surface area (Å²) in [6, 6.07) is 0.784. The number of piperidine rings is 1. The van der Waals surface area contributed by atoms with Crippen LogP contribution in [0.2, 0.25) is 0 Å². The first kappa shape index (κ1) is 15.0. The van der Waals surface area contributed by atoms with Gasteiger partial charge in [0.2, 0.25) is 0 Å². The molecule has 1 aliphatic rings. The third-order valence-electron chi connectivity index (χ3n) is 4.41. The lowest BCUT2D eigenvalue weighted by Crippen LogP contribution is -2.41. The minimum atomic E-state index is 0.784. The van der Waals surface area contributed by atoms with E-state index in [1.54, 1.807) is 0 Å². The fraction of sp³-hybridized carbons (Fsp3) is 1.00. The third kappa shape index (κ3) is 5.39. The van der Waals surface area contributed by atoms with Crippen LogP contribution in [-0.2, 0) is 0 Å². The van der Waals surface area contributed by atoms with E-state index in [9.17, 15) is 0 Å². The minimum absolute atomic E-state index is 0.784. The molecule has 0 spiro atoms. The second kappa shape index (κ2) is 8.10. The molecule has 3 unspecified atom stereocenters. The van der Waals surface area contributed by atoms with Crippen molar-refractivity contribution in [1.82, 2.24) is 10.2 Å². The van der Waals surface area contributed by atoms with Crippen LogP contribution in [0.15, 0.2) is 0 Å². The topological polar surface area (TPSA) is 15.3 Å². The second-order valence-electron chi connectivity index (χ2n) is 5.96. The van der Waals surface area contributed by atoms with Gasteiger partial charge in [-0.3, -0.25) is 0 Å². The summed E-state index contributed by atoms with van der Waals surface area (Å²) < 4.78 is 0. The lowest BCUT2D eigenvalue weighted by molar-refractivity contribution is 0.162. The van der Waals surface area contributed by atoms with Crippen LogP contribution in [0, 0.1) is 11.8 Å². The first-order valence-corrected chi connectivity index (χ1v) is 7.58. The Labute approximate surface area is 108 Å². The molecule has 3 atom stereocenters. The van der Waals surface area contributed by atoms with Crippen molar-refractivity contribution in [2.24, 2.45) is 11.8 Å². The van der Waals surface area contributed by atoms with E-state index in [4.69, 9.17) is 0 Å². The van der Waals surface area contributed by atoms with Gasteiger partial charge < -0.3 is 10.2 Å². The van der Waals surface area contributed by atoms with Crippen molar-refractivity contribution in [1.29, 1.82) is 0 Å². The highest BCUT2D eigenvalue weighted by molar-refractivity contribution is 4.76. The smallest absolute Gasteiger partial charge is 0.00922 e. The van der Waals surface area contributed by atoms with E-state index in [-0.39, 0.29) is 0 Å². The monoisotopic (exact) mass is 240 g/mol. The van der Waals surface area contributed by atoms with E-state index in [1.807, 2.05) is 0 Å². The maximum Gasteiger partial charge on any atom is 0.00922 e. The summed E-state index contributed by atoms with van der Waals surface area (Å²) in [6.07, 6.45) is 6.75. The molecule has 1 heterocycles. The van der Waals surface area contributed by atoms with Crippen LogP contribution in [0.5, 0.6) is 0 Å². The number of rotatable bonds is 7. The predicted octanol–water partition coefficient (Wildman–Crippen LogP) is 3.13. The summed E-state index contributed by atoms with van der Waals surface area (Å²) in [4.78, 5) is 2.61. The van der Waals surface area contributed by atoms with Crippen molar-refractivity contribution in [3.63, 3.8) is 0 Å².